The number of nitrogens with one attached hydrogen (secondary N) is 2. The third-order valence-electron chi connectivity index (χ3n) is 2.67. The SMILES string of the molecule is O=C(NC1CCNC1)OCc1ccc(Br)cc1. The van der Waals surface area contributed by atoms with E-state index in [2.05, 4.69) is 26.6 Å². The van der Waals surface area contributed by atoms with Crippen LogP contribution < -0.4 is 10.6 Å². The number of amides is 1. The molecular formula is C12H15BrN2O2. The standard InChI is InChI=1S/C12H15BrN2O2/c13-10-3-1-9(2-4-10)8-17-12(16)15-11-5-6-14-7-11/h1-4,11,14H,5-8H2,(H,15,16). The molecule has 0 saturated carbocycles. The molecular weight excluding hydrogens is 284 g/mol. The third kappa shape index (κ3) is 4.02. The first-order chi connectivity index (χ1) is 8.24. The summed E-state index contributed by atoms with van der Waals surface area (Å²) in [6.45, 7) is 2.09. The number of hydrogen-bond donors (Lipinski definition) is 2. The van der Waals surface area contributed by atoms with Crippen LogP contribution >= 0.6 is 15.9 Å². The predicted molar refractivity (Wildman–Crippen MR) is 68.7 cm³/mol. The Labute approximate surface area is 109 Å². The minimum absolute atomic E-state index is 0.201. The van der Waals surface area contributed by atoms with Gasteiger partial charge >= 0.3 is 6.09 Å². The molecule has 0 aromatic heterocycles. The number of benzene rings is 1. The smallest absolute Gasteiger partial charge is 0.407 e. The van der Waals surface area contributed by atoms with E-state index in [4.69, 9.17) is 4.74 Å². The van der Waals surface area contributed by atoms with Crippen molar-refractivity contribution in [3.05, 3.63) is 34.3 Å². The van der Waals surface area contributed by atoms with E-state index in [0.29, 0.717) is 6.61 Å². The van der Waals surface area contributed by atoms with Crippen LogP contribution in [-0.4, -0.2) is 25.2 Å². The van der Waals surface area contributed by atoms with Crippen LogP contribution in [-0.2, 0) is 11.3 Å². The molecule has 0 bridgehead atoms. The van der Waals surface area contributed by atoms with E-state index in [1.165, 1.54) is 0 Å². The van der Waals surface area contributed by atoms with Crippen molar-refractivity contribution in [2.45, 2.75) is 19.1 Å². The van der Waals surface area contributed by atoms with Crippen molar-refractivity contribution in [1.29, 1.82) is 0 Å². The summed E-state index contributed by atoms with van der Waals surface area (Å²) in [6.07, 6.45) is 0.620. The van der Waals surface area contributed by atoms with Crippen molar-refractivity contribution >= 4 is 22.0 Å². The Kier molecular flexibility index (Phi) is 4.39. The van der Waals surface area contributed by atoms with E-state index in [1.807, 2.05) is 24.3 Å². The van der Waals surface area contributed by atoms with Gasteiger partial charge in [-0.25, -0.2) is 4.79 Å². The van der Waals surface area contributed by atoms with E-state index in [0.717, 1.165) is 29.5 Å². The van der Waals surface area contributed by atoms with Crippen LogP contribution in [0.5, 0.6) is 0 Å². The van der Waals surface area contributed by atoms with Gasteiger partial charge in [-0.1, -0.05) is 28.1 Å². The molecule has 1 aliphatic heterocycles. The summed E-state index contributed by atoms with van der Waals surface area (Å²) in [6, 6.07) is 7.91. The lowest BCUT2D eigenvalue weighted by atomic mass is 10.2. The van der Waals surface area contributed by atoms with E-state index in [1.54, 1.807) is 0 Å². The first-order valence-electron chi connectivity index (χ1n) is 5.62. The molecule has 1 amide bonds. The van der Waals surface area contributed by atoms with Crippen molar-refractivity contribution < 1.29 is 9.53 Å². The molecule has 1 fully saturated rings. The summed E-state index contributed by atoms with van der Waals surface area (Å²) in [5.74, 6) is 0. The molecule has 2 N–H and O–H groups in total. The quantitative estimate of drug-likeness (QED) is 0.898. The molecule has 0 radical (unpaired) electrons. The van der Waals surface area contributed by atoms with Crippen molar-refractivity contribution in [3.8, 4) is 0 Å². The molecule has 92 valence electrons. The van der Waals surface area contributed by atoms with E-state index >= 15 is 0 Å². The summed E-state index contributed by atoms with van der Waals surface area (Å²) >= 11 is 3.36. The predicted octanol–water partition coefficient (Wildman–Crippen LogP) is 2.04. The summed E-state index contributed by atoms with van der Waals surface area (Å²) in [5.41, 5.74) is 0.980. The van der Waals surface area contributed by atoms with Gasteiger partial charge < -0.3 is 15.4 Å². The lowest BCUT2D eigenvalue weighted by Gasteiger charge is -2.11. The van der Waals surface area contributed by atoms with Crippen LogP contribution in [0, 0.1) is 0 Å². The van der Waals surface area contributed by atoms with E-state index in [-0.39, 0.29) is 12.1 Å². The highest BCUT2D eigenvalue weighted by molar-refractivity contribution is 9.10. The van der Waals surface area contributed by atoms with Gasteiger partial charge in [0.1, 0.15) is 6.61 Å². The van der Waals surface area contributed by atoms with Gasteiger partial charge in [-0.15, -0.1) is 0 Å². The summed E-state index contributed by atoms with van der Waals surface area (Å²) in [7, 11) is 0. The molecule has 1 atom stereocenters. The van der Waals surface area contributed by atoms with Crippen LogP contribution in [0.15, 0.2) is 28.7 Å². The second kappa shape index (κ2) is 6.02. The number of carbonyl (C=O) groups excluding carboxylic acids is 1. The molecule has 0 aliphatic carbocycles. The Balaban J connectivity index is 1.73. The van der Waals surface area contributed by atoms with Gasteiger partial charge in [-0.3, -0.25) is 0 Å². The normalized spacial score (nSPS) is 19.0. The Morgan fingerprint density at radius 1 is 1.47 bits per heavy atom. The molecule has 1 saturated heterocycles. The van der Waals surface area contributed by atoms with Crippen LogP contribution in [0.4, 0.5) is 4.79 Å². The van der Waals surface area contributed by atoms with Crippen LogP contribution in [0.1, 0.15) is 12.0 Å². The van der Waals surface area contributed by atoms with Gasteiger partial charge in [0, 0.05) is 17.1 Å². The molecule has 4 nitrogen and oxygen atoms in total. The Morgan fingerprint density at radius 3 is 2.88 bits per heavy atom. The number of ether oxygens (including phenoxy) is 1. The fraction of sp³-hybridized carbons (Fsp3) is 0.417. The maximum atomic E-state index is 11.5. The lowest BCUT2D eigenvalue weighted by Crippen LogP contribution is -2.36. The van der Waals surface area contributed by atoms with Crippen molar-refractivity contribution in [2.75, 3.05) is 13.1 Å². The van der Waals surface area contributed by atoms with Crippen LogP contribution in [0.25, 0.3) is 0 Å². The lowest BCUT2D eigenvalue weighted by molar-refractivity contribution is 0.136. The summed E-state index contributed by atoms with van der Waals surface area (Å²) in [5, 5.41) is 6.01. The highest BCUT2D eigenvalue weighted by Crippen LogP contribution is 2.11. The molecule has 1 heterocycles. The zero-order chi connectivity index (χ0) is 12.1. The van der Waals surface area contributed by atoms with Gasteiger partial charge in [0.15, 0.2) is 0 Å². The number of rotatable bonds is 3. The molecule has 5 heteroatoms. The van der Waals surface area contributed by atoms with E-state index in [9.17, 15) is 4.79 Å². The molecule has 2 rings (SSSR count). The van der Waals surface area contributed by atoms with E-state index < -0.39 is 0 Å². The summed E-state index contributed by atoms with van der Waals surface area (Å²) < 4.78 is 6.15. The monoisotopic (exact) mass is 298 g/mol. The van der Waals surface area contributed by atoms with Crippen molar-refractivity contribution in [3.63, 3.8) is 0 Å². The number of halogens is 1. The van der Waals surface area contributed by atoms with Crippen molar-refractivity contribution in [2.24, 2.45) is 0 Å². The maximum absolute atomic E-state index is 11.5. The molecule has 0 spiro atoms. The van der Waals surface area contributed by atoms with Gasteiger partial charge in [0.05, 0.1) is 0 Å². The minimum Gasteiger partial charge on any atom is -0.445 e. The average Bonchev–Trinajstić information content (AvgIpc) is 2.81. The minimum atomic E-state index is -0.346. The second-order valence-corrected chi connectivity index (χ2v) is 4.95. The molecule has 1 aliphatic rings. The Bertz CT molecular complexity index is 375. The van der Waals surface area contributed by atoms with Gasteiger partial charge in [-0.2, -0.15) is 0 Å². The highest BCUT2D eigenvalue weighted by atomic mass is 79.9. The average molecular weight is 299 g/mol. The number of carbonyl (C=O) groups is 1. The highest BCUT2D eigenvalue weighted by Gasteiger charge is 2.16. The fourth-order valence-corrected chi connectivity index (χ4v) is 1.98. The van der Waals surface area contributed by atoms with Gasteiger partial charge in [0.25, 0.3) is 0 Å². The topological polar surface area (TPSA) is 50.4 Å². The van der Waals surface area contributed by atoms with Crippen LogP contribution in [0.3, 0.4) is 0 Å². The molecule has 1 unspecified atom stereocenters. The Morgan fingerprint density at radius 2 is 2.24 bits per heavy atom. The van der Waals surface area contributed by atoms with Gasteiger partial charge in [0.2, 0.25) is 0 Å². The maximum Gasteiger partial charge on any atom is 0.407 e. The Hall–Kier alpha value is -1.07. The van der Waals surface area contributed by atoms with Crippen LogP contribution in [0.2, 0.25) is 0 Å². The summed E-state index contributed by atoms with van der Waals surface area (Å²) in [4.78, 5) is 11.5. The first kappa shape index (κ1) is 12.4. The third-order valence-corrected chi connectivity index (χ3v) is 3.19. The molecule has 1 aromatic rings. The zero-order valence-corrected chi connectivity index (χ0v) is 11.0. The first-order valence-corrected chi connectivity index (χ1v) is 6.42. The molecule has 17 heavy (non-hydrogen) atoms. The largest absolute Gasteiger partial charge is 0.445 e. The number of alkyl carbamates (subject to hydrolysis) is 1. The fourth-order valence-electron chi connectivity index (χ4n) is 1.72. The van der Waals surface area contributed by atoms with Crippen molar-refractivity contribution in [1.82, 2.24) is 10.6 Å². The second-order valence-electron chi connectivity index (χ2n) is 4.04. The van der Waals surface area contributed by atoms with Gasteiger partial charge in [-0.05, 0) is 30.7 Å². The number of hydrogen-bond acceptors (Lipinski definition) is 3. The zero-order valence-electron chi connectivity index (χ0n) is 9.41. The molecule has 1 aromatic carbocycles.